The Morgan fingerprint density at radius 1 is 1.43 bits per heavy atom. The third kappa shape index (κ3) is 6.39. The number of nitrogens with two attached hydrogens (primary N) is 1. The summed E-state index contributed by atoms with van der Waals surface area (Å²) < 4.78 is 0. The predicted octanol–water partition coefficient (Wildman–Crippen LogP) is 1.28. The monoisotopic (exact) mass is 121 g/mol. The van der Waals surface area contributed by atoms with Crippen LogP contribution in [0.3, 0.4) is 0 Å². The van der Waals surface area contributed by atoms with Crippen LogP contribution in [0.15, 0.2) is 0 Å². The molecule has 0 aromatic carbocycles. The van der Waals surface area contributed by atoms with Crippen LogP contribution < -0.4 is 5.50 Å². The molecule has 0 aromatic heterocycles. The van der Waals surface area contributed by atoms with E-state index in [9.17, 15) is 0 Å². The Labute approximate surface area is 46.7 Å². The first-order valence-electron chi connectivity index (χ1n) is 2.85. The quantitative estimate of drug-likeness (QED) is 0.547. The van der Waals surface area contributed by atoms with Gasteiger partial charge in [0.15, 0.2) is 0 Å². The average molecular weight is 121 g/mol. The van der Waals surface area contributed by atoms with Crippen molar-refractivity contribution in [2.75, 3.05) is 19.5 Å². The van der Waals surface area contributed by atoms with Crippen molar-refractivity contribution in [2.45, 2.75) is 13.3 Å². The molecule has 1 nitrogen and oxygen atoms in total. The molecule has 0 amide bonds. The molecule has 0 aliphatic carbocycles. The molecule has 46 valence electrons. The summed E-state index contributed by atoms with van der Waals surface area (Å²) in [7, 11) is -1.16. The zero-order valence-electron chi connectivity index (χ0n) is 5.49. The fourth-order valence-corrected chi connectivity index (χ4v) is 1.93. The Morgan fingerprint density at radius 3 is 1.86 bits per heavy atom. The number of hydrogen-bond acceptors (Lipinski definition) is 1. The van der Waals surface area contributed by atoms with Crippen LogP contribution in [-0.4, -0.2) is 19.5 Å². The van der Waals surface area contributed by atoms with Crippen molar-refractivity contribution in [2.24, 2.45) is 5.50 Å². The van der Waals surface area contributed by atoms with E-state index in [2.05, 4.69) is 20.3 Å². The van der Waals surface area contributed by atoms with E-state index in [1.807, 2.05) is 0 Å². The molecule has 0 saturated carbocycles. The van der Waals surface area contributed by atoms with Gasteiger partial charge in [0.05, 0.1) is 0 Å². The van der Waals surface area contributed by atoms with Crippen LogP contribution in [0.25, 0.3) is 0 Å². The third-order valence-corrected chi connectivity index (χ3v) is 2.68. The zero-order chi connectivity index (χ0) is 5.91. The summed E-state index contributed by atoms with van der Waals surface area (Å²) in [5.41, 5.74) is 5.78. The first kappa shape index (κ1) is 7.39. The first-order valence-corrected chi connectivity index (χ1v) is 6.13. The minimum absolute atomic E-state index is 1.16. The molecular formula is C5H16NP. The van der Waals surface area contributed by atoms with Gasteiger partial charge >= 0.3 is 45.8 Å². The van der Waals surface area contributed by atoms with Crippen LogP contribution >= 0.6 is 7.41 Å². The van der Waals surface area contributed by atoms with Crippen molar-refractivity contribution in [1.29, 1.82) is 0 Å². The topological polar surface area (TPSA) is 26.0 Å². The van der Waals surface area contributed by atoms with Crippen molar-refractivity contribution in [1.82, 2.24) is 0 Å². The summed E-state index contributed by atoms with van der Waals surface area (Å²) in [6.45, 7) is 6.56. The Bertz CT molecular complexity index is 46.5. The summed E-state index contributed by atoms with van der Waals surface area (Å²) in [4.78, 5) is 0. The molecular weight excluding hydrogens is 105 g/mol. The van der Waals surface area contributed by atoms with Gasteiger partial charge in [-0.3, -0.25) is 0 Å². The van der Waals surface area contributed by atoms with Gasteiger partial charge in [-0.05, 0) is 0 Å². The van der Waals surface area contributed by atoms with E-state index in [1.165, 1.54) is 12.6 Å². The normalized spacial score (nSPS) is 14.3. The standard InChI is InChI=1S/C5H16NP/c1-4-5-7(2,3)6/h7H,4-6H2,1-3H3. The summed E-state index contributed by atoms with van der Waals surface area (Å²) in [5, 5.41) is 0. The van der Waals surface area contributed by atoms with E-state index in [-0.39, 0.29) is 0 Å². The van der Waals surface area contributed by atoms with Gasteiger partial charge < -0.3 is 0 Å². The Balaban J connectivity index is 3.15. The van der Waals surface area contributed by atoms with E-state index >= 15 is 0 Å². The molecule has 0 unspecified atom stereocenters. The van der Waals surface area contributed by atoms with Crippen molar-refractivity contribution >= 4 is 7.41 Å². The van der Waals surface area contributed by atoms with Crippen LogP contribution in [0.4, 0.5) is 0 Å². The van der Waals surface area contributed by atoms with Crippen LogP contribution in [-0.2, 0) is 0 Å². The average Bonchev–Trinajstić information content (AvgIpc) is 1.30. The summed E-state index contributed by atoms with van der Waals surface area (Å²) >= 11 is 0. The fourth-order valence-electron chi connectivity index (χ4n) is 0.644. The van der Waals surface area contributed by atoms with Gasteiger partial charge in [0.1, 0.15) is 0 Å². The van der Waals surface area contributed by atoms with Crippen molar-refractivity contribution in [3.05, 3.63) is 0 Å². The second kappa shape index (κ2) is 2.64. The molecule has 0 rings (SSSR count). The van der Waals surface area contributed by atoms with E-state index in [4.69, 9.17) is 5.50 Å². The predicted molar refractivity (Wildman–Crippen MR) is 39.5 cm³/mol. The second-order valence-electron chi connectivity index (χ2n) is 2.74. The molecule has 0 spiro atoms. The van der Waals surface area contributed by atoms with Gasteiger partial charge in [-0.1, -0.05) is 0 Å². The first-order chi connectivity index (χ1) is 3.06. The van der Waals surface area contributed by atoms with E-state index in [0.717, 1.165) is 0 Å². The molecule has 0 aliphatic rings. The molecule has 0 bridgehead atoms. The van der Waals surface area contributed by atoms with E-state index in [1.54, 1.807) is 0 Å². The van der Waals surface area contributed by atoms with Crippen molar-refractivity contribution in [3.8, 4) is 0 Å². The number of hydrogen-bond donors (Lipinski definition) is 1. The SMILES string of the molecule is CCC[PH](C)(C)N. The van der Waals surface area contributed by atoms with Crippen LogP contribution in [0.5, 0.6) is 0 Å². The minimum atomic E-state index is -1.16. The second-order valence-corrected chi connectivity index (χ2v) is 7.22. The van der Waals surface area contributed by atoms with Crippen LogP contribution in [0.2, 0.25) is 0 Å². The molecule has 2 N–H and O–H groups in total. The Kier molecular flexibility index (Phi) is 2.78. The Hall–Kier alpha value is 0.390. The summed E-state index contributed by atoms with van der Waals surface area (Å²) in [6, 6.07) is 0. The molecule has 0 atom stereocenters. The molecule has 0 aromatic rings. The maximum atomic E-state index is 5.78. The van der Waals surface area contributed by atoms with E-state index < -0.39 is 7.41 Å². The zero-order valence-corrected chi connectivity index (χ0v) is 6.49. The van der Waals surface area contributed by atoms with Gasteiger partial charge in [-0.2, -0.15) is 0 Å². The molecule has 7 heavy (non-hydrogen) atoms. The van der Waals surface area contributed by atoms with Gasteiger partial charge in [-0.15, -0.1) is 0 Å². The molecule has 0 heterocycles. The van der Waals surface area contributed by atoms with Crippen LogP contribution in [0, 0.1) is 0 Å². The summed E-state index contributed by atoms with van der Waals surface area (Å²) in [5.74, 6) is 0. The molecule has 2 heteroatoms. The van der Waals surface area contributed by atoms with Gasteiger partial charge in [0, 0.05) is 0 Å². The van der Waals surface area contributed by atoms with Crippen molar-refractivity contribution < 1.29 is 0 Å². The molecule has 0 aliphatic heterocycles. The molecule has 0 radical (unpaired) electrons. The molecule has 0 fully saturated rings. The van der Waals surface area contributed by atoms with Crippen LogP contribution in [0.1, 0.15) is 13.3 Å². The fraction of sp³-hybridized carbons (Fsp3) is 1.00. The van der Waals surface area contributed by atoms with Gasteiger partial charge in [-0.25, -0.2) is 0 Å². The molecule has 0 saturated heterocycles. The summed E-state index contributed by atoms with van der Waals surface area (Å²) in [6.07, 6.45) is 2.50. The maximum absolute atomic E-state index is 5.78. The Morgan fingerprint density at radius 2 is 1.86 bits per heavy atom. The van der Waals surface area contributed by atoms with E-state index in [0.29, 0.717) is 0 Å². The third-order valence-electron chi connectivity index (χ3n) is 0.894. The van der Waals surface area contributed by atoms with Gasteiger partial charge in [0.25, 0.3) is 0 Å². The van der Waals surface area contributed by atoms with Crippen molar-refractivity contribution in [3.63, 3.8) is 0 Å². The number of rotatable bonds is 2. The van der Waals surface area contributed by atoms with Gasteiger partial charge in [0.2, 0.25) is 0 Å².